The van der Waals surface area contributed by atoms with Crippen LogP contribution < -0.4 is 0 Å². The first kappa shape index (κ1) is 10.4. The normalized spacial score (nSPS) is 10.3. The Hall–Kier alpha value is -2.11. The summed E-state index contributed by atoms with van der Waals surface area (Å²) < 4.78 is 5.20. The highest BCUT2D eigenvalue weighted by Gasteiger charge is 2.17. The molecular formula is C10H12N4O2. The Morgan fingerprint density at radius 3 is 3.06 bits per heavy atom. The Bertz CT molecular complexity index is 435. The predicted octanol–water partition coefficient (Wildman–Crippen LogP) is 1.06. The van der Waals surface area contributed by atoms with E-state index in [2.05, 4.69) is 15.4 Å². The molecule has 6 nitrogen and oxygen atoms in total. The monoisotopic (exact) mass is 220 g/mol. The van der Waals surface area contributed by atoms with Crippen molar-refractivity contribution in [2.75, 3.05) is 6.54 Å². The van der Waals surface area contributed by atoms with Gasteiger partial charge in [-0.1, -0.05) is 0 Å². The molecule has 0 aliphatic heterocycles. The predicted molar refractivity (Wildman–Crippen MR) is 55.5 cm³/mol. The summed E-state index contributed by atoms with van der Waals surface area (Å²) in [5, 5.41) is 9.78. The molecule has 0 unspecified atom stereocenters. The van der Waals surface area contributed by atoms with Crippen LogP contribution in [0.2, 0.25) is 0 Å². The summed E-state index contributed by atoms with van der Waals surface area (Å²) in [6.07, 6.45) is 3.00. The van der Waals surface area contributed by atoms with Gasteiger partial charge in [-0.05, 0) is 19.1 Å². The van der Waals surface area contributed by atoms with Crippen molar-refractivity contribution >= 4 is 5.91 Å². The molecule has 0 fully saturated rings. The average molecular weight is 220 g/mol. The summed E-state index contributed by atoms with van der Waals surface area (Å²) >= 11 is 0. The van der Waals surface area contributed by atoms with E-state index in [0.717, 1.165) is 5.76 Å². The van der Waals surface area contributed by atoms with Crippen molar-refractivity contribution in [1.29, 1.82) is 0 Å². The molecule has 0 aromatic carbocycles. The van der Waals surface area contributed by atoms with Crippen LogP contribution in [0.5, 0.6) is 0 Å². The highest BCUT2D eigenvalue weighted by Crippen LogP contribution is 2.08. The molecule has 2 aromatic rings. The van der Waals surface area contributed by atoms with Gasteiger partial charge in [0, 0.05) is 6.54 Å². The molecule has 2 aromatic heterocycles. The largest absolute Gasteiger partial charge is 0.467 e. The first-order chi connectivity index (χ1) is 7.81. The van der Waals surface area contributed by atoms with Crippen molar-refractivity contribution in [3.8, 4) is 0 Å². The van der Waals surface area contributed by atoms with Gasteiger partial charge in [0.2, 0.25) is 0 Å². The van der Waals surface area contributed by atoms with Gasteiger partial charge in [-0.2, -0.15) is 15.4 Å². The Balaban J connectivity index is 2.08. The molecule has 2 heterocycles. The highest BCUT2D eigenvalue weighted by molar-refractivity contribution is 5.91. The van der Waals surface area contributed by atoms with Crippen LogP contribution in [0.25, 0.3) is 0 Å². The van der Waals surface area contributed by atoms with Gasteiger partial charge in [0.25, 0.3) is 5.91 Å². The minimum atomic E-state index is -0.160. The van der Waals surface area contributed by atoms with Gasteiger partial charge in [-0.15, -0.1) is 0 Å². The van der Waals surface area contributed by atoms with Crippen molar-refractivity contribution < 1.29 is 9.21 Å². The summed E-state index contributed by atoms with van der Waals surface area (Å²) in [6, 6.07) is 3.63. The van der Waals surface area contributed by atoms with E-state index in [1.807, 2.05) is 13.0 Å². The number of furan rings is 1. The minimum absolute atomic E-state index is 0.160. The lowest BCUT2D eigenvalue weighted by Gasteiger charge is -2.17. The summed E-state index contributed by atoms with van der Waals surface area (Å²) in [6.45, 7) is 2.93. The number of aromatic amines is 1. The smallest absolute Gasteiger partial charge is 0.276 e. The zero-order valence-corrected chi connectivity index (χ0v) is 8.88. The molecule has 2 rings (SSSR count). The molecule has 0 saturated carbocycles. The second kappa shape index (κ2) is 4.61. The Morgan fingerprint density at radius 2 is 2.50 bits per heavy atom. The van der Waals surface area contributed by atoms with Crippen molar-refractivity contribution in [1.82, 2.24) is 20.3 Å². The first-order valence-electron chi connectivity index (χ1n) is 4.98. The SMILES string of the molecule is CCN(Cc1ccco1)C(=O)c1cn[nH]n1. The molecule has 84 valence electrons. The quantitative estimate of drug-likeness (QED) is 0.835. The molecule has 0 saturated heterocycles. The van der Waals surface area contributed by atoms with E-state index in [0.29, 0.717) is 18.8 Å². The number of rotatable bonds is 4. The Morgan fingerprint density at radius 1 is 1.62 bits per heavy atom. The number of aromatic nitrogens is 3. The standard InChI is InChI=1S/C10H12N4O2/c1-2-14(7-8-4-3-5-16-8)10(15)9-6-11-13-12-9/h3-6H,2,7H2,1H3,(H,11,12,13). The number of carbonyl (C=O) groups excluding carboxylic acids is 1. The maximum atomic E-state index is 11.9. The third-order valence-corrected chi connectivity index (χ3v) is 2.23. The number of carbonyl (C=O) groups is 1. The summed E-state index contributed by atoms with van der Waals surface area (Å²) in [4.78, 5) is 13.6. The molecule has 1 amide bonds. The average Bonchev–Trinajstić information content (AvgIpc) is 2.97. The fraction of sp³-hybridized carbons (Fsp3) is 0.300. The van der Waals surface area contributed by atoms with E-state index in [4.69, 9.17) is 4.42 Å². The summed E-state index contributed by atoms with van der Waals surface area (Å²) in [7, 11) is 0. The molecule has 16 heavy (non-hydrogen) atoms. The molecule has 0 bridgehead atoms. The molecule has 6 heteroatoms. The number of amides is 1. The van der Waals surface area contributed by atoms with Gasteiger partial charge in [0.1, 0.15) is 5.76 Å². The van der Waals surface area contributed by atoms with E-state index in [1.54, 1.807) is 17.2 Å². The maximum Gasteiger partial charge on any atom is 0.276 e. The van der Waals surface area contributed by atoms with Gasteiger partial charge < -0.3 is 9.32 Å². The third-order valence-electron chi connectivity index (χ3n) is 2.23. The molecule has 0 aliphatic carbocycles. The third kappa shape index (κ3) is 2.10. The lowest BCUT2D eigenvalue weighted by Crippen LogP contribution is -2.30. The number of hydrogen-bond acceptors (Lipinski definition) is 4. The molecule has 0 spiro atoms. The zero-order chi connectivity index (χ0) is 11.4. The van der Waals surface area contributed by atoms with Crippen LogP contribution in [0.3, 0.4) is 0 Å². The zero-order valence-electron chi connectivity index (χ0n) is 8.88. The fourth-order valence-electron chi connectivity index (χ4n) is 1.38. The van der Waals surface area contributed by atoms with Crippen LogP contribution in [0.15, 0.2) is 29.0 Å². The van der Waals surface area contributed by atoms with Crippen LogP contribution in [-0.2, 0) is 6.54 Å². The van der Waals surface area contributed by atoms with Crippen molar-refractivity contribution in [3.05, 3.63) is 36.0 Å². The van der Waals surface area contributed by atoms with Gasteiger partial charge in [0.05, 0.1) is 19.0 Å². The van der Waals surface area contributed by atoms with Crippen LogP contribution in [0.4, 0.5) is 0 Å². The van der Waals surface area contributed by atoms with Gasteiger partial charge >= 0.3 is 0 Å². The molecular weight excluding hydrogens is 208 g/mol. The number of nitrogens with zero attached hydrogens (tertiary/aromatic N) is 3. The highest BCUT2D eigenvalue weighted by atomic mass is 16.3. The molecule has 0 aliphatic rings. The number of H-pyrrole nitrogens is 1. The maximum absolute atomic E-state index is 11.9. The summed E-state index contributed by atoms with van der Waals surface area (Å²) in [5.41, 5.74) is 0.313. The number of nitrogens with one attached hydrogen (secondary N) is 1. The van der Waals surface area contributed by atoms with Crippen molar-refractivity contribution in [3.63, 3.8) is 0 Å². The van der Waals surface area contributed by atoms with Crippen LogP contribution >= 0.6 is 0 Å². The Labute approximate surface area is 92.2 Å². The van der Waals surface area contributed by atoms with E-state index in [1.165, 1.54) is 6.20 Å². The van der Waals surface area contributed by atoms with Crippen molar-refractivity contribution in [2.45, 2.75) is 13.5 Å². The van der Waals surface area contributed by atoms with Gasteiger partial charge in [0.15, 0.2) is 5.69 Å². The lowest BCUT2D eigenvalue weighted by molar-refractivity contribution is 0.0735. The summed E-state index contributed by atoms with van der Waals surface area (Å²) in [5.74, 6) is 0.589. The van der Waals surface area contributed by atoms with Crippen molar-refractivity contribution in [2.24, 2.45) is 0 Å². The second-order valence-corrected chi connectivity index (χ2v) is 3.25. The Kier molecular flexibility index (Phi) is 3.00. The van der Waals surface area contributed by atoms with Gasteiger partial charge in [-0.3, -0.25) is 4.79 Å². The van der Waals surface area contributed by atoms with Crippen LogP contribution in [0, 0.1) is 0 Å². The molecule has 0 atom stereocenters. The van der Waals surface area contributed by atoms with Crippen LogP contribution in [0.1, 0.15) is 23.2 Å². The van der Waals surface area contributed by atoms with E-state index >= 15 is 0 Å². The lowest BCUT2D eigenvalue weighted by atomic mass is 10.3. The van der Waals surface area contributed by atoms with E-state index in [-0.39, 0.29) is 5.91 Å². The second-order valence-electron chi connectivity index (χ2n) is 3.25. The van der Waals surface area contributed by atoms with Gasteiger partial charge in [-0.25, -0.2) is 0 Å². The van der Waals surface area contributed by atoms with Crippen LogP contribution in [-0.4, -0.2) is 32.8 Å². The fourth-order valence-corrected chi connectivity index (χ4v) is 1.38. The molecule has 1 N–H and O–H groups in total. The number of hydrogen-bond donors (Lipinski definition) is 1. The first-order valence-corrected chi connectivity index (χ1v) is 4.98. The van der Waals surface area contributed by atoms with E-state index < -0.39 is 0 Å². The minimum Gasteiger partial charge on any atom is -0.467 e. The van der Waals surface area contributed by atoms with E-state index in [9.17, 15) is 4.79 Å². The topological polar surface area (TPSA) is 75.0 Å². The molecule has 0 radical (unpaired) electrons.